The Kier molecular flexibility index (Phi) is 9.19. The number of rotatable bonds is 8. The molecular weight excluding hydrogens is 174 g/mol. The van der Waals surface area contributed by atoms with Gasteiger partial charge in [-0.2, -0.15) is 0 Å². The van der Waals surface area contributed by atoms with Gasteiger partial charge in [0.25, 0.3) is 0 Å². The molecule has 2 N–H and O–H groups in total. The molecule has 0 saturated carbocycles. The van der Waals surface area contributed by atoms with Gasteiger partial charge < -0.3 is 19.6 Å². The van der Waals surface area contributed by atoms with E-state index >= 15 is 0 Å². The van der Waals surface area contributed by atoms with Gasteiger partial charge in [-0.05, 0) is 19.0 Å². The normalized spacial score (nSPS) is 14.2. The van der Waals surface area contributed by atoms with E-state index in [0.29, 0.717) is 6.61 Å². The van der Waals surface area contributed by atoms with Crippen molar-refractivity contribution in [1.29, 1.82) is 0 Å². The van der Waals surface area contributed by atoms with Crippen molar-refractivity contribution in [2.75, 3.05) is 27.4 Å². The van der Waals surface area contributed by atoms with Gasteiger partial charge in [0.05, 0.1) is 6.61 Å². The summed E-state index contributed by atoms with van der Waals surface area (Å²) in [5.74, 6) is 0. The van der Waals surface area contributed by atoms with E-state index in [0.717, 1.165) is 19.0 Å². The van der Waals surface area contributed by atoms with Crippen LogP contribution < -0.4 is 5.73 Å². The van der Waals surface area contributed by atoms with Crippen LogP contribution in [0.3, 0.4) is 0 Å². The molecular formula is C7H19NO3Si. The highest BCUT2D eigenvalue weighted by molar-refractivity contribution is 6.27. The summed E-state index contributed by atoms with van der Waals surface area (Å²) in [6, 6.07) is 1.11. The molecule has 0 bridgehead atoms. The first-order valence-corrected chi connectivity index (χ1v) is 5.76. The number of methoxy groups -OCH3 is 2. The van der Waals surface area contributed by atoms with Crippen molar-refractivity contribution in [2.24, 2.45) is 5.73 Å². The number of ether oxygens (including phenoxy) is 2. The third kappa shape index (κ3) is 6.75. The van der Waals surface area contributed by atoms with E-state index in [-0.39, 0.29) is 6.29 Å². The first kappa shape index (κ1) is 12.1. The molecule has 0 radical (unpaired) electrons. The lowest BCUT2D eigenvalue weighted by molar-refractivity contribution is -0.0928. The number of hydrogen-bond acceptors (Lipinski definition) is 4. The van der Waals surface area contributed by atoms with Gasteiger partial charge in [-0.1, -0.05) is 0 Å². The molecule has 0 aliphatic rings. The Bertz CT molecular complexity index is 94.7. The van der Waals surface area contributed by atoms with E-state index in [4.69, 9.17) is 19.6 Å². The molecule has 0 aliphatic heterocycles. The summed E-state index contributed by atoms with van der Waals surface area (Å²) < 4.78 is 15.4. The summed E-state index contributed by atoms with van der Waals surface area (Å²) in [6.07, 6.45) is 0.870. The fourth-order valence-corrected chi connectivity index (χ4v) is 1.94. The molecule has 0 aromatic rings. The van der Waals surface area contributed by atoms with Crippen molar-refractivity contribution in [1.82, 2.24) is 0 Å². The van der Waals surface area contributed by atoms with Crippen LogP contribution in [-0.2, 0) is 13.9 Å². The lowest BCUT2D eigenvalue weighted by Crippen LogP contribution is -2.23. The van der Waals surface area contributed by atoms with Gasteiger partial charge in [-0.3, -0.25) is 0 Å². The number of nitrogens with two attached hydrogens (primary N) is 1. The van der Waals surface area contributed by atoms with Gasteiger partial charge >= 0.3 is 0 Å². The lowest BCUT2D eigenvalue weighted by atomic mass is 10.5. The minimum Gasteiger partial charge on any atom is -0.398 e. The lowest BCUT2D eigenvalue weighted by Gasteiger charge is -2.14. The Morgan fingerprint density at radius 3 is 2.67 bits per heavy atom. The van der Waals surface area contributed by atoms with E-state index in [9.17, 15) is 0 Å². The van der Waals surface area contributed by atoms with Crippen molar-refractivity contribution in [3.8, 4) is 0 Å². The van der Waals surface area contributed by atoms with E-state index in [1.807, 2.05) is 0 Å². The van der Waals surface area contributed by atoms with Crippen molar-refractivity contribution in [3.63, 3.8) is 0 Å². The van der Waals surface area contributed by atoms with Gasteiger partial charge in [0.1, 0.15) is 0 Å². The van der Waals surface area contributed by atoms with Crippen molar-refractivity contribution >= 4 is 9.76 Å². The zero-order valence-electron chi connectivity index (χ0n) is 7.91. The molecule has 12 heavy (non-hydrogen) atoms. The first-order valence-electron chi connectivity index (χ1n) is 4.18. The highest BCUT2D eigenvalue weighted by Crippen LogP contribution is 1.95. The molecule has 1 unspecified atom stereocenters. The second-order valence-corrected chi connectivity index (χ2v) is 3.94. The maximum Gasteiger partial charge on any atom is 0.170 e. The molecule has 0 spiro atoms. The summed E-state index contributed by atoms with van der Waals surface area (Å²) in [7, 11) is 2.80. The average Bonchev–Trinajstić information content (AvgIpc) is 2.10. The van der Waals surface area contributed by atoms with Crippen LogP contribution in [-0.4, -0.2) is 43.4 Å². The molecule has 74 valence electrons. The Hall–Kier alpha value is 0.0569. The van der Waals surface area contributed by atoms with Crippen LogP contribution >= 0.6 is 0 Å². The fourth-order valence-electron chi connectivity index (χ4n) is 0.781. The molecule has 0 amide bonds. The topological polar surface area (TPSA) is 53.7 Å². The highest BCUT2D eigenvalue weighted by Gasteiger charge is 2.04. The molecule has 5 heteroatoms. The van der Waals surface area contributed by atoms with Crippen molar-refractivity contribution in [2.45, 2.75) is 18.8 Å². The van der Waals surface area contributed by atoms with Gasteiger partial charge in [-0.25, -0.2) is 0 Å². The predicted molar refractivity (Wildman–Crippen MR) is 50.8 cm³/mol. The maximum absolute atomic E-state index is 5.47. The smallest absolute Gasteiger partial charge is 0.170 e. The number of hydrogen-bond donors (Lipinski definition) is 1. The molecule has 0 aromatic heterocycles. The van der Waals surface area contributed by atoms with Crippen LogP contribution in [0.1, 0.15) is 6.42 Å². The predicted octanol–water partition coefficient (Wildman–Crippen LogP) is -0.527. The quantitative estimate of drug-likeness (QED) is 0.320. The maximum atomic E-state index is 5.47. The summed E-state index contributed by atoms with van der Waals surface area (Å²) in [5.41, 5.74) is 5.35. The van der Waals surface area contributed by atoms with E-state index in [1.165, 1.54) is 0 Å². The minimum atomic E-state index is -0.463. The molecule has 4 nitrogen and oxygen atoms in total. The van der Waals surface area contributed by atoms with E-state index in [2.05, 4.69) is 0 Å². The van der Waals surface area contributed by atoms with Crippen molar-refractivity contribution < 1.29 is 13.9 Å². The van der Waals surface area contributed by atoms with E-state index in [1.54, 1.807) is 14.2 Å². The summed E-state index contributed by atoms with van der Waals surface area (Å²) in [6.45, 7) is 1.25. The average molecular weight is 193 g/mol. The summed E-state index contributed by atoms with van der Waals surface area (Å²) in [4.78, 5) is 0. The Balaban J connectivity index is 3.19. The van der Waals surface area contributed by atoms with Crippen molar-refractivity contribution in [3.05, 3.63) is 0 Å². The monoisotopic (exact) mass is 193 g/mol. The Morgan fingerprint density at radius 1 is 1.42 bits per heavy atom. The van der Waals surface area contributed by atoms with Gasteiger partial charge in [0.2, 0.25) is 0 Å². The van der Waals surface area contributed by atoms with Crippen LogP contribution in [0.15, 0.2) is 0 Å². The highest BCUT2D eigenvalue weighted by atomic mass is 28.2. The Labute approximate surface area is 76.3 Å². The molecule has 0 aromatic carbocycles. The fraction of sp³-hybridized carbons (Fsp3) is 1.00. The Morgan fingerprint density at radius 2 is 2.17 bits per heavy atom. The zero-order chi connectivity index (χ0) is 9.23. The van der Waals surface area contributed by atoms with Crippen LogP contribution in [0.25, 0.3) is 0 Å². The zero-order valence-corrected chi connectivity index (χ0v) is 9.33. The largest absolute Gasteiger partial charge is 0.398 e. The van der Waals surface area contributed by atoms with Crippen LogP contribution in [0.4, 0.5) is 0 Å². The standard InChI is InChI=1S/C7H19NO3Si/c1-9-6-7(10-2)11-12-5-3-4-8/h7H,3-6,8,12H2,1-2H3. The van der Waals surface area contributed by atoms with Gasteiger partial charge in [0, 0.05) is 14.2 Å². The second-order valence-electron chi connectivity index (χ2n) is 2.49. The molecule has 0 heterocycles. The van der Waals surface area contributed by atoms with Gasteiger partial charge in [0.15, 0.2) is 16.1 Å². The van der Waals surface area contributed by atoms with E-state index < -0.39 is 9.76 Å². The first-order chi connectivity index (χ1) is 5.85. The molecule has 0 fully saturated rings. The minimum absolute atomic E-state index is 0.181. The van der Waals surface area contributed by atoms with Crippen LogP contribution in [0.2, 0.25) is 6.04 Å². The SMILES string of the molecule is COCC(OC)O[SiH2]CCCN. The van der Waals surface area contributed by atoms with Crippen LogP contribution in [0, 0.1) is 0 Å². The van der Waals surface area contributed by atoms with Gasteiger partial charge in [-0.15, -0.1) is 0 Å². The molecule has 0 aliphatic carbocycles. The molecule has 0 rings (SSSR count). The molecule has 1 atom stereocenters. The molecule has 0 saturated heterocycles. The summed E-state index contributed by atoms with van der Waals surface area (Å²) in [5, 5.41) is 0. The second kappa shape index (κ2) is 9.15. The summed E-state index contributed by atoms with van der Waals surface area (Å²) >= 11 is 0. The third-order valence-corrected chi connectivity index (χ3v) is 2.86. The third-order valence-electron chi connectivity index (χ3n) is 1.47. The van der Waals surface area contributed by atoms with Crippen LogP contribution in [0.5, 0.6) is 0 Å².